The van der Waals surface area contributed by atoms with E-state index in [9.17, 15) is 15.2 Å². The Morgan fingerprint density at radius 2 is 2.17 bits per heavy atom. The van der Waals surface area contributed by atoms with Crippen LogP contribution < -0.4 is 4.74 Å². The number of ether oxygens (including phenoxy) is 1. The second-order valence-corrected chi connectivity index (χ2v) is 4.58. The molecular formula is C11H11BrN2O4. The molecule has 0 aromatic heterocycles. The Hall–Kier alpha value is -1.65. The van der Waals surface area contributed by atoms with Gasteiger partial charge in [-0.25, -0.2) is 0 Å². The molecule has 0 bridgehead atoms. The van der Waals surface area contributed by atoms with Crippen LogP contribution in [0.15, 0.2) is 16.6 Å². The second-order valence-electron chi connectivity index (χ2n) is 3.67. The molecule has 6 nitrogen and oxygen atoms in total. The maximum Gasteiger partial charge on any atom is 0.312 e. The van der Waals surface area contributed by atoms with Gasteiger partial charge in [-0.3, -0.25) is 10.1 Å². The molecule has 1 N–H and O–H groups in total. The molecule has 0 aliphatic carbocycles. The van der Waals surface area contributed by atoms with Crippen LogP contribution in [0, 0.1) is 21.4 Å². The number of hydrogen-bond donors (Lipinski definition) is 1. The summed E-state index contributed by atoms with van der Waals surface area (Å²) in [4.78, 5) is 10.3. The van der Waals surface area contributed by atoms with Crippen molar-refractivity contribution < 1.29 is 14.8 Å². The van der Waals surface area contributed by atoms with Crippen LogP contribution in [0.3, 0.4) is 0 Å². The van der Waals surface area contributed by atoms with Crippen molar-refractivity contribution in [2.45, 2.75) is 26.1 Å². The molecule has 0 saturated carbocycles. The summed E-state index contributed by atoms with van der Waals surface area (Å²) in [6.45, 7) is 2.94. The van der Waals surface area contributed by atoms with Gasteiger partial charge in [-0.15, -0.1) is 0 Å². The summed E-state index contributed by atoms with van der Waals surface area (Å²) in [6, 6.07) is 4.62. The summed E-state index contributed by atoms with van der Waals surface area (Å²) in [5.74, 6) is -0.0766. The summed E-state index contributed by atoms with van der Waals surface area (Å²) in [5, 5.41) is 29.3. The minimum absolute atomic E-state index is 0.0766. The molecule has 0 saturated heterocycles. The quantitative estimate of drug-likeness (QED) is 0.680. The summed E-state index contributed by atoms with van der Waals surface area (Å²) in [6.07, 6.45) is -1.79. The molecule has 18 heavy (non-hydrogen) atoms. The minimum Gasteiger partial charge on any atom is -0.468 e. The Kier molecular flexibility index (Phi) is 4.64. The molecule has 0 aliphatic rings. The molecular weight excluding hydrogens is 304 g/mol. The first-order valence-electron chi connectivity index (χ1n) is 5.09. The van der Waals surface area contributed by atoms with E-state index in [4.69, 9.17) is 10.00 Å². The van der Waals surface area contributed by atoms with Crippen LogP contribution in [0.1, 0.15) is 25.5 Å². The topological polar surface area (TPSA) is 96.4 Å². The summed E-state index contributed by atoms with van der Waals surface area (Å²) >= 11 is 3.13. The van der Waals surface area contributed by atoms with Crippen molar-refractivity contribution in [2.75, 3.05) is 0 Å². The van der Waals surface area contributed by atoms with E-state index in [1.165, 1.54) is 26.0 Å². The lowest BCUT2D eigenvalue weighted by atomic mass is 10.1. The highest BCUT2D eigenvalue weighted by Crippen LogP contribution is 2.38. The molecule has 0 radical (unpaired) electrons. The Balaban J connectivity index is 3.42. The average molecular weight is 315 g/mol. The Morgan fingerprint density at radius 1 is 1.56 bits per heavy atom. The fraction of sp³-hybridized carbons (Fsp3) is 0.364. The predicted octanol–water partition coefficient (Wildman–Crippen LogP) is 2.70. The van der Waals surface area contributed by atoms with Gasteiger partial charge in [0.1, 0.15) is 6.07 Å². The number of hydrogen-bond acceptors (Lipinski definition) is 5. The van der Waals surface area contributed by atoms with Crippen LogP contribution in [0.25, 0.3) is 0 Å². The number of nitrogens with zero attached hydrogens (tertiary/aromatic N) is 2. The van der Waals surface area contributed by atoms with Gasteiger partial charge in [0.2, 0.25) is 5.75 Å². The third-order valence-corrected chi connectivity index (χ3v) is 2.64. The van der Waals surface area contributed by atoms with Gasteiger partial charge in [0.25, 0.3) is 0 Å². The molecule has 1 rings (SSSR count). The number of halogens is 1. The maximum atomic E-state index is 11.0. The van der Waals surface area contributed by atoms with Crippen LogP contribution in [-0.2, 0) is 0 Å². The lowest BCUT2D eigenvalue weighted by Crippen LogP contribution is -2.12. The molecule has 1 aromatic rings. The largest absolute Gasteiger partial charge is 0.468 e. The van der Waals surface area contributed by atoms with Crippen LogP contribution >= 0.6 is 15.9 Å². The number of aliphatic hydroxyl groups excluding tert-OH is 1. The highest BCUT2D eigenvalue weighted by Gasteiger charge is 2.24. The third kappa shape index (κ3) is 3.18. The molecule has 0 aliphatic heterocycles. The number of aliphatic hydroxyl groups is 1. The van der Waals surface area contributed by atoms with E-state index in [-0.39, 0.29) is 17.0 Å². The van der Waals surface area contributed by atoms with Crippen molar-refractivity contribution in [3.8, 4) is 11.8 Å². The van der Waals surface area contributed by atoms with Gasteiger partial charge in [-0.1, -0.05) is 15.9 Å². The van der Waals surface area contributed by atoms with Gasteiger partial charge in [0, 0.05) is 16.1 Å². The molecule has 2 atom stereocenters. The van der Waals surface area contributed by atoms with Crippen molar-refractivity contribution in [3.05, 3.63) is 32.3 Å². The SMILES string of the molecule is CC(C#N)Oc1c(C(C)O)cc(Br)cc1[N+](=O)[O-]. The van der Waals surface area contributed by atoms with Crippen LogP contribution in [0.4, 0.5) is 5.69 Å². The van der Waals surface area contributed by atoms with Crippen molar-refractivity contribution in [3.63, 3.8) is 0 Å². The molecule has 0 fully saturated rings. The van der Waals surface area contributed by atoms with E-state index < -0.39 is 17.1 Å². The molecule has 96 valence electrons. The van der Waals surface area contributed by atoms with E-state index in [1.54, 1.807) is 0 Å². The summed E-state index contributed by atoms with van der Waals surface area (Å²) in [5.41, 5.74) is -0.0273. The maximum absolute atomic E-state index is 11.0. The highest BCUT2D eigenvalue weighted by atomic mass is 79.9. The zero-order chi connectivity index (χ0) is 13.9. The highest BCUT2D eigenvalue weighted by molar-refractivity contribution is 9.10. The molecule has 2 unspecified atom stereocenters. The van der Waals surface area contributed by atoms with Crippen molar-refractivity contribution in [1.82, 2.24) is 0 Å². The molecule has 0 spiro atoms. The van der Waals surface area contributed by atoms with Crippen molar-refractivity contribution in [2.24, 2.45) is 0 Å². The van der Waals surface area contributed by atoms with Gasteiger partial charge in [-0.05, 0) is 19.9 Å². The first-order chi connectivity index (χ1) is 8.36. The van der Waals surface area contributed by atoms with E-state index >= 15 is 0 Å². The second kappa shape index (κ2) is 5.80. The van der Waals surface area contributed by atoms with Gasteiger partial charge < -0.3 is 9.84 Å². The first kappa shape index (κ1) is 14.4. The van der Waals surface area contributed by atoms with Crippen LogP contribution in [0.2, 0.25) is 0 Å². The minimum atomic E-state index is -0.943. The predicted molar refractivity (Wildman–Crippen MR) is 67.1 cm³/mol. The zero-order valence-electron chi connectivity index (χ0n) is 9.75. The summed E-state index contributed by atoms with van der Waals surface area (Å²) < 4.78 is 5.68. The van der Waals surface area contributed by atoms with Crippen molar-refractivity contribution in [1.29, 1.82) is 5.26 Å². The number of nitriles is 1. The van der Waals surface area contributed by atoms with Gasteiger partial charge in [0.05, 0.1) is 11.0 Å². The number of nitro groups is 1. The zero-order valence-corrected chi connectivity index (χ0v) is 11.3. The Bertz CT molecular complexity index is 511. The number of benzene rings is 1. The molecule has 0 heterocycles. The van der Waals surface area contributed by atoms with E-state index in [0.717, 1.165) is 0 Å². The monoisotopic (exact) mass is 314 g/mol. The standard InChI is InChI=1S/C11H11BrN2O4/c1-6(5-13)18-11-9(7(2)15)3-8(12)4-10(11)14(16)17/h3-4,6-7,15H,1-2H3. The van der Waals surface area contributed by atoms with Crippen LogP contribution in [0.5, 0.6) is 5.75 Å². The van der Waals surface area contributed by atoms with E-state index in [1.807, 2.05) is 6.07 Å². The average Bonchev–Trinajstić information content (AvgIpc) is 2.29. The normalized spacial score (nSPS) is 13.5. The smallest absolute Gasteiger partial charge is 0.312 e. The fourth-order valence-electron chi connectivity index (χ4n) is 1.38. The van der Waals surface area contributed by atoms with E-state index in [2.05, 4.69) is 15.9 Å². The summed E-state index contributed by atoms with van der Waals surface area (Å²) in [7, 11) is 0. The first-order valence-corrected chi connectivity index (χ1v) is 5.88. The van der Waals surface area contributed by atoms with Gasteiger partial charge in [-0.2, -0.15) is 5.26 Å². The molecule has 0 amide bonds. The van der Waals surface area contributed by atoms with E-state index in [0.29, 0.717) is 4.47 Å². The number of nitro benzene ring substituents is 1. The Morgan fingerprint density at radius 3 is 2.61 bits per heavy atom. The number of rotatable bonds is 4. The lowest BCUT2D eigenvalue weighted by molar-refractivity contribution is -0.386. The van der Waals surface area contributed by atoms with Gasteiger partial charge in [0.15, 0.2) is 6.10 Å². The lowest BCUT2D eigenvalue weighted by Gasteiger charge is -2.15. The molecule has 1 aromatic carbocycles. The third-order valence-electron chi connectivity index (χ3n) is 2.19. The van der Waals surface area contributed by atoms with Crippen LogP contribution in [-0.4, -0.2) is 16.1 Å². The Labute approximate surface area is 112 Å². The van der Waals surface area contributed by atoms with Crippen molar-refractivity contribution >= 4 is 21.6 Å². The molecule has 7 heteroatoms. The fourth-order valence-corrected chi connectivity index (χ4v) is 1.84. The van der Waals surface area contributed by atoms with Gasteiger partial charge >= 0.3 is 5.69 Å².